The number of benzene rings is 1. The first-order valence-corrected chi connectivity index (χ1v) is 6.98. The third-order valence-electron chi connectivity index (χ3n) is 3.39. The van der Waals surface area contributed by atoms with Gasteiger partial charge in [0.15, 0.2) is 0 Å². The highest BCUT2D eigenvalue weighted by Crippen LogP contribution is 2.38. The summed E-state index contributed by atoms with van der Waals surface area (Å²) in [5, 5.41) is 0.170. The van der Waals surface area contributed by atoms with E-state index in [0.29, 0.717) is 17.0 Å². The number of carbonyl (C=O) groups excluding carboxylic acids is 1. The van der Waals surface area contributed by atoms with Crippen LogP contribution in [0.25, 0.3) is 0 Å². The average Bonchev–Trinajstić information content (AvgIpc) is 2.58. The number of anilines is 1. The van der Waals surface area contributed by atoms with E-state index in [1.165, 1.54) is 11.0 Å². The maximum Gasteiger partial charge on any atom is 0.258 e. The van der Waals surface area contributed by atoms with E-state index in [4.69, 9.17) is 16.3 Å². The van der Waals surface area contributed by atoms with Crippen molar-refractivity contribution >= 4 is 23.2 Å². The van der Waals surface area contributed by atoms with Crippen LogP contribution in [-0.4, -0.2) is 12.0 Å². The van der Waals surface area contributed by atoms with Crippen molar-refractivity contribution in [3.8, 4) is 5.75 Å². The molecule has 1 aliphatic rings. The predicted molar refractivity (Wildman–Crippen MR) is 82.2 cm³/mol. The van der Waals surface area contributed by atoms with Crippen LogP contribution in [0.3, 0.4) is 0 Å². The summed E-state index contributed by atoms with van der Waals surface area (Å²) in [5.41, 5.74) is 1.87. The molecule has 21 heavy (non-hydrogen) atoms. The van der Waals surface area contributed by atoms with Crippen molar-refractivity contribution in [3.05, 3.63) is 46.4 Å². The van der Waals surface area contributed by atoms with Gasteiger partial charge < -0.3 is 4.74 Å². The lowest BCUT2D eigenvalue weighted by atomic mass is 10.2. The Morgan fingerprint density at radius 2 is 1.90 bits per heavy atom. The second-order valence-corrected chi connectivity index (χ2v) is 5.65. The summed E-state index contributed by atoms with van der Waals surface area (Å²) in [5.74, 6) is -0.534. The van der Waals surface area contributed by atoms with Crippen LogP contribution in [0.1, 0.15) is 27.7 Å². The smallest absolute Gasteiger partial charge is 0.258 e. The first-order valence-electron chi connectivity index (χ1n) is 6.61. The van der Waals surface area contributed by atoms with Crippen molar-refractivity contribution in [2.45, 2.75) is 33.8 Å². The summed E-state index contributed by atoms with van der Waals surface area (Å²) in [6.45, 7) is 11.0. The molecule has 0 atom stereocenters. The second-order valence-electron chi connectivity index (χ2n) is 5.24. The molecule has 0 aromatic heterocycles. The molecule has 112 valence electrons. The molecule has 0 radical (unpaired) electrons. The molecule has 0 unspecified atom stereocenters. The van der Waals surface area contributed by atoms with Gasteiger partial charge >= 0.3 is 0 Å². The van der Waals surface area contributed by atoms with E-state index in [2.05, 4.69) is 6.58 Å². The molecule has 0 saturated heterocycles. The summed E-state index contributed by atoms with van der Waals surface area (Å²) in [7, 11) is 0. The lowest BCUT2D eigenvalue weighted by molar-refractivity contribution is -0.114. The van der Waals surface area contributed by atoms with Crippen LogP contribution < -0.4 is 9.64 Å². The highest BCUT2D eigenvalue weighted by Gasteiger charge is 2.32. The van der Waals surface area contributed by atoms with Crippen molar-refractivity contribution in [2.75, 3.05) is 4.90 Å². The molecule has 1 aliphatic heterocycles. The zero-order valence-corrected chi connectivity index (χ0v) is 13.2. The Balaban J connectivity index is 2.50. The van der Waals surface area contributed by atoms with Gasteiger partial charge in [0.25, 0.3) is 5.91 Å². The van der Waals surface area contributed by atoms with E-state index in [1.54, 1.807) is 13.8 Å². The Morgan fingerprint density at radius 1 is 1.29 bits per heavy atom. The van der Waals surface area contributed by atoms with Crippen LogP contribution in [0.15, 0.2) is 35.6 Å². The van der Waals surface area contributed by atoms with E-state index in [-0.39, 0.29) is 22.7 Å². The lowest BCUT2D eigenvalue weighted by Gasteiger charge is -2.21. The first kappa shape index (κ1) is 15.6. The fraction of sp³-hybridized carbons (Fsp3) is 0.312. The molecular formula is C16H17ClFNO2. The Morgan fingerprint density at radius 3 is 2.38 bits per heavy atom. The number of halogens is 2. The van der Waals surface area contributed by atoms with Gasteiger partial charge in [-0.2, -0.15) is 0 Å². The van der Waals surface area contributed by atoms with Gasteiger partial charge in [0.2, 0.25) is 0 Å². The Hall–Kier alpha value is -1.81. The molecule has 3 nitrogen and oxygen atoms in total. The molecular weight excluding hydrogens is 293 g/mol. The van der Waals surface area contributed by atoms with Crippen molar-refractivity contribution in [3.63, 3.8) is 0 Å². The number of ether oxygens (including phenoxy) is 1. The molecule has 0 bridgehead atoms. The fourth-order valence-corrected chi connectivity index (χ4v) is 2.32. The van der Waals surface area contributed by atoms with Crippen LogP contribution >= 0.6 is 11.6 Å². The lowest BCUT2D eigenvalue weighted by Crippen LogP contribution is -2.25. The molecule has 0 N–H and O–H groups in total. The van der Waals surface area contributed by atoms with Crippen LogP contribution in [0.4, 0.5) is 10.1 Å². The van der Waals surface area contributed by atoms with Gasteiger partial charge in [-0.25, -0.2) is 4.39 Å². The molecule has 0 spiro atoms. The zero-order chi connectivity index (χ0) is 15.9. The minimum Gasteiger partial charge on any atom is -0.489 e. The molecule has 0 saturated carbocycles. The van der Waals surface area contributed by atoms with Crippen molar-refractivity contribution < 1.29 is 13.9 Å². The van der Waals surface area contributed by atoms with Gasteiger partial charge in [-0.3, -0.25) is 9.69 Å². The van der Waals surface area contributed by atoms with E-state index in [0.717, 1.165) is 11.6 Å². The number of amides is 1. The third kappa shape index (κ3) is 2.68. The minimum absolute atomic E-state index is 0.0984. The Kier molecular flexibility index (Phi) is 4.10. The number of hydrogen-bond donors (Lipinski definition) is 0. The quantitative estimate of drug-likeness (QED) is 0.825. The number of rotatable bonds is 3. The Labute approximate surface area is 128 Å². The van der Waals surface area contributed by atoms with Crippen molar-refractivity contribution in [2.24, 2.45) is 0 Å². The number of allylic oxidation sites excluding steroid dienone is 1. The summed E-state index contributed by atoms with van der Waals surface area (Å²) in [6, 6.07) is 2.59. The first-order chi connectivity index (χ1) is 9.73. The highest BCUT2D eigenvalue weighted by atomic mass is 35.5. The molecule has 1 heterocycles. The van der Waals surface area contributed by atoms with Gasteiger partial charge in [-0.1, -0.05) is 18.2 Å². The monoisotopic (exact) mass is 309 g/mol. The zero-order valence-electron chi connectivity index (χ0n) is 12.5. The topological polar surface area (TPSA) is 29.5 Å². The van der Waals surface area contributed by atoms with Crippen LogP contribution in [0.2, 0.25) is 5.02 Å². The highest BCUT2D eigenvalue weighted by molar-refractivity contribution is 6.32. The van der Waals surface area contributed by atoms with Gasteiger partial charge in [0, 0.05) is 17.3 Å². The van der Waals surface area contributed by atoms with E-state index >= 15 is 0 Å². The van der Waals surface area contributed by atoms with Crippen LogP contribution in [0.5, 0.6) is 5.75 Å². The van der Waals surface area contributed by atoms with Crippen LogP contribution in [-0.2, 0) is 4.79 Å². The van der Waals surface area contributed by atoms with E-state index < -0.39 is 5.82 Å². The molecule has 1 aromatic carbocycles. The second kappa shape index (κ2) is 5.53. The summed E-state index contributed by atoms with van der Waals surface area (Å²) in [4.78, 5) is 13.5. The van der Waals surface area contributed by atoms with Gasteiger partial charge in [-0.05, 0) is 39.3 Å². The maximum absolute atomic E-state index is 14.2. The maximum atomic E-state index is 14.2. The fourth-order valence-electron chi connectivity index (χ4n) is 2.12. The average molecular weight is 310 g/mol. The third-order valence-corrected chi connectivity index (χ3v) is 3.69. The number of carbonyl (C=O) groups is 1. The van der Waals surface area contributed by atoms with Gasteiger partial charge in [0.1, 0.15) is 11.6 Å². The molecule has 1 aromatic rings. The minimum atomic E-state index is -0.590. The number of nitrogens with zero attached hydrogens (tertiary/aromatic N) is 1. The normalized spacial score (nSPS) is 15.5. The largest absolute Gasteiger partial charge is 0.489 e. The van der Waals surface area contributed by atoms with Crippen molar-refractivity contribution in [1.82, 2.24) is 0 Å². The predicted octanol–water partition coefficient (Wildman–Crippen LogP) is 4.46. The molecule has 1 amide bonds. The van der Waals surface area contributed by atoms with Gasteiger partial charge in [-0.15, -0.1) is 0 Å². The summed E-state index contributed by atoms with van der Waals surface area (Å²) >= 11 is 5.98. The molecule has 2 rings (SSSR count). The molecule has 5 heteroatoms. The van der Waals surface area contributed by atoms with E-state index in [9.17, 15) is 9.18 Å². The van der Waals surface area contributed by atoms with E-state index in [1.807, 2.05) is 13.8 Å². The Bertz CT molecular complexity index is 640. The SMILES string of the molecule is C=C1C(C)=C(C)C(=O)N1c1cc(OC(C)C)c(Cl)cc1F. The summed E-state index contributed by atoms with van der Waals surface area (Å²) in [6.07, 6.45) is -0.111. The molecule has 0 aliphatic carbocycles. The van der Waals surface area contributed by atoms with Crippen molar-refractivity contribution in [1.29, 1.82) is 0 Å². The summed E-state index contributed by atoms with van der Waals surface area (Å²) < 4.78 is 19.8. The van der Waals surface area contributed by atoms with Crippen LogP contribution in [0, 0.1) is 5.82 Å². The number of hydrogen-bond acceptors (Lipinski definition) is 2. The standard InChI is InChI=1S/C16H17ClFNO2/c1-8(2)21-15-7-14(13(18)6-12(15)17)19-11(5)9(3)10(4)16(19)20/h6-8H,5H2,1-4H3. The molecule has 0 fully saturated rings. The van der Waals surface area contributed by atoms with Gasteiger partial charge in [0.05, 0.1) is 16.8 Å².